The Morgan fingerprint density at radius 1 is 1.08 bits per heavy atom. The first-order valence-corrected chi connectivity index (χ1v) is 13.8. The summed E-state index contributed by atoms with van der Waals surface area (Å²) < 4.78 is 24.1. The number of alkyl halides is 1. The normalized spacial score (nSPS) is 14.9. The second-order valence-electron chi connectivity index (χ2n) is 9.07. The van der Waals surface area contributed by atoms with Crippen molar-refractivity contribution in [3.05, 3.63) is 93.2 Å². The number of benzene rings is 2. The van der Waals surface area contributed by atoms with Crippen LogP contribution in [0.4, 0.5) is 4.39 Å². The molecular weight excluding hydrogens is 507 g/mol. The molecule has 38 heavy (non-hydrogen) atoms. The highest BCUT2D eigenvalue weighted by atomic mass is 32.2. The molecule has 198 valence electrons. The molecule has 4 rings (SSSR count). The van der Waals surface area contributed by atoms with Gasteiger partial charge in [0.1, 0.15) is 0 Å². The number of rotatable bonds is 8. The number of halogens is 1. The molecule has 1 aliphatic rings. The van der Waals surface area contributed by atoms with E-state index in [2.05, 4.69) is 44.2 Å². The number of aromatic amines is 1. The Morgan fingerprint density at radius 2 is 1.68 bits per heavy atom. The van der Waals surface area contributed by atoms with Crippen molar-refractivity contribution in [1.82, 2.24) is 20.2 Å². The summed E-state index contributed by atoms with van der Waals surface area (Å²) in [5.41, 5.74) is 3.25. The van der Waals surface area contributed by atoms with Crippen molar-refractivity contribution in [3.63, 3.8) is 0 Å². The minimum Gasteiger partial charge on any atom is -0.502 e. The fourth-order valence-corrected chi connectivity index (χ4v) is 5.32. The predicted octanol–water partition coefficient (Wildman–Crippen LogP) is 1.85. The zero-order valence-corrected chi connectivity index (χ0v) is 21.6. The van der Waals surface area contributed by atoms with Crippen molar-refractivity contribution in [1.29, 1.82) is 0 Å². The molecule has 0 radical (unpaired) electrons. The van der Waals surface area contributed by atoms with E-state index in [0.29, 0.717) is 6.42 Å². The highest BCUT2D eigenvalue weighted by Crippen LogP contribution is 2.23. The fourth-order valence-electron chi connectivity index (χ4n) is 4.19. The SMILES string of the molecule is O=C(CF)NCC(Cc1ccc(C#Cc2ccc(CN3CCS(=O)CC3)cc2)cc1)c1nc[nH]c(=O)c1O. The van der Waals surface area contributed by atoms with Crippen LogP contribution in [0, 0.1) is 11.8 Å². The molecule has 2 heterocycles. The molecule has 3 N–H and O–H groups in total. The molecule has 3 aromatic rings. The average molecular weight is 537 g/mol. The molecule has 1 aromatic heterocycles. The van der Waals surface area contributed by atoms with Crippen molar-refractivity contribution >= 4 is 16.7 Å². The van der Waals surface area contributed by atoms with E-state index in [1.54, 1.807) is 0 Å². The summed E-state index contributed by atoms with van der Waals surface area (Å²) in [6.45, 7) is 1.42. The molecule has 1 atom stereocenters. The van der Waals surface area contributed by atoms with Gasteiger partial charge in [0.15, 0.2) is 6.67 Å². The highest BCUT2D eigenvalue weighted by Gasteiger charge is 2.21. The maximum atomic E-state index is 12.6. The highest BCUT2D eigenvalue weighted by molar-refractivity contribution is 7.85. The van der Waals surface area contributed by atoms with Gasteiger partial charge >= 0.3 is 0 Å². The van der Waals surface area contributed by atoms with Gasteiger partial charge in [-0.3, -0.25) is 18.7 Å². The predicted molar refractivity (Wildman–Crippen MR) is 144 cm³/mol. The molecule has 0 saturated carbocycles. The maximum Gasteiger partial charge on any atom is 0.293 e. The number of aromatic hydroxyl groups is 1. The van der Waals surface area contributed by atoms with Crippen LogP contribution in [0.15, 0.2) is 59.7 Å². The largest absolute Gasteiger partial charge is 0.502 e. The summed E-state index contributed by atoms with van der Waals surface area (Å²) in [6, 6.07) is 15.6. The number of hydrogen-bond acceptors (Lipinski definition) is 6. The molecule has 0 bridgehead atoms. The van der Waals surface area contributed by atoms with E-state index < -0.39 is 40.6 Å². The Kier molecular flexibility index (Phi) is 9.40. The van der Waals surface area contributed by atoms with Gasteiger partial charge in [0, 0.05) is 65.5 Å². The van der Waals surface area contributed by atoms with Crippen molar-refractivity contribution in [2.75, 3.05) is 37.8 Å². The summed E-state index contributed by atoms with van der Waals surface area (Å²) in [5, 5.41) is 12.6. The summed E-state index contributed by atoms with van der Waals surface area (Å²) in [7, 11) is -0.675. The van der Waals surface area contributed by atoms with Gasteiger partial charge in [-0.25, -0.2) is 9.37 Å². The number of carbonyl (C=O) groups is 1. The lowest BCUT2D eigenvalue weighted by molar-refractivity contribution is -0.122. The standard InChI is InChI=1S/C28H29FN4O4S/c29-16-25(34)30-17-24(26-27(35)28(36)32-19-31-26)15-22-7-3-20(4-8-22)1-2-21-5-9-23(10-6-21)18-33-11-13-38(37)14-12-33/h3-10,19,24,35H,11-18H2,(H,30,34)(H,31,32,36). The first-order valence-electron chi connectivity index (χ1n) is 12.3. The molecule has 0 spiro atoms. The minimum absolute atomic E-state index is 0.0155. The van der Waals surface area contributed by atoms with Gasteiger partial charge in [0.2, 0.25) is 5.75 Å². The van der Waals surface area contributed by atoms with Gasteiger partial charge in [0.05, 0.1) is 12.0 Å². The number of carbonyl (C=O) groups excluding carboxylic acids is 1. The third-order valence-electron chi connectivity index (χ3n) is 6.33. The van der Waals surface area contributed by atoms with Crippen LogP contribution in [0.5, 0.6) is 5.75 Å². The van der Waals surface area contributed by atoms with Gasteiger partial charge in [-0.15, -0.1) is 0 Å². The van der Waals surface area contributed by atoms with Crippen LogP contribution in [-0.4, -0.2) is 67.9 Å². The molecule has 1 unspecified atom stereocenters. The average Bonchev–Trinajstić information content (AvgIpc) is 2.94. The van der Waals surface area contributed by atoms with Crippen molar-refractivity contribution < 1.29 is 18.5 Å². The molecule has 8 nitrogen and oxygen atoms in total. The quantitative estimate of drug-likeness (QED) is 0.379. The van der Waals surface area contributed by atoms with Crippen molar-refractivity contribution in [3.8, 4) is 17.6 Å². The van der Waals surface area contributed by atoms with Gasteiger partial charge in [-0.1, -0.05) is 36.1 Å². The molecule has 2 aromatic carbocycles. The number of amides is 1. The topological polar surface area (TPSA) is 115 Å². The van der Waals surface area contributed by atoms with Gasteiger partial charge in [-0.05, 0) is 41.8 Å². The summed E-state index contributed by atoms with van der Waals surface area (Å²) >= 11 is 0. The lowest BCUT2D eigenvalue weighted by atomic mass is 9.94. The van der Waals surface area contributed by atoms with Gasteiger partial charge in [0.25, 0.3) is 11.5 Å². The van der Waals surface area contributed by atoms with E-state index in [9.17, 15) is 23.3 Å². The Hall–Kier alpha value is -3.81. The van der Waals surface area contributed by atoms with E-state index in [4.69, 9.17) is 0 Å². The Bertz CT molecular complexity index is 1390. The zero-order valence-electron chi connectivity index (χ0n) is 20.8. The number of aromatic nitrogens is 2. The van der Waals surface area contributed by atoms with Crippen LogP contribution in [0.2, 0.25) is 0 Å². The lowest BCUT2D eigenvalue weighted by Crippen LogP contribution is -2.37. The fraction of sp³-hybridized carbons (Fsp3) is 0.321. The van der Waals surface area contributed by atoms with E-state index in [0.717, 1.165) is 47.8 Å². The summed E-state index contributed by atoms with van der Waals surface area (Å²) in [6.07, 6.45) is 1.54. The smallest absolute Gasteiger partial charge is 0.293 e. The monoisotopic (exact) mass is 536 g/mol. The number of H-pyrrole nitrogens is 1. The molecule has 1 aliphatic heterocycles. The Balaban J connectivity index is 1.40. The summed E-state index contributed by atoms with van der Waals surface area (Å²) in [5.74, 6) is 5.97. The van der Waals surface area contributed by atoms with Crippen LogP contribution in [0.3, 0.4) is 0 Å². The Morgan fingerprint density at radius 3 is 2.29 bits per heavy atom. The van der Waals surface area contributed by atoms with E-state index in [-0.39, 0.29) is 12.2 Å². The van der Waals surface area contributed by atoms with Gasteiger partial charge in [-0.2, -0.15) is 0 Å². The van der Waals surface area contributed by atoms with E-state index in [1.165, 1.54) is 11.9 Å². The van der Waals surface area contributed by atoms with Crippen LogP contribution >= 0.6 is 0 Å². The third kappa shape index (κ3) is 7.60. The Labute approximate surface area is 222 Å². The first kappa shape index (κ1) is 27.2. The minimum atomic E-state index is -1.15. The van der Waals surface area contributed by atoms with Crippen LogP contribution in [-0.2, 0) is 28.6 Å². The van der Waals surface area contributed by atoms with Crippen LogP contribution in [0.1, 0.15) is 33.9 Å². The lowest BCUT2D eigenvalue weighted by Gasteiger charge is -2.26. The molecule has 0 aliphatic carbocycles. The number of nitrogens with one attached hydrogen (secondary N) is 2. The van der Waals surface area contributed by atoms with Crippen molar-refractivity contribution in [2.24, 2.45) is 0 Å². The second-order valence-corrected chi connectivity index (χ2v) is 10.8. The van der Waals surface area contributed by atoms with Crippen molar-refractivity contribution in [2.45, 2.75) is 18.9 Å². The van der Waals surface area contributed by atoms with Crippen LogP contribution in [0.25, 0.3) is 0 Å². The zero-order chi connectivity index (χ0) is 26.9. The second kappa shape index (κ2) is 13.1. The third-order valence-corrected chi connectivity index (χ3v) is 7.60. The maximum absolute atomic E-state index is 12.6. The molecular formula is C28H29FN4O4S. The number of hydrogen-bond donors (Lipinski definition) is 3. The molecule has 1 saturated heterocycles. The molecule has 10 heteroatoms. The number of nitrogens with zero attached hydrogens (tertiary/aromatic N) is 2. The van der Waals surface area contributed by atoms with E-state index in [1.807, 2.05) is 36.4 Å². The first-order chi connectivity index (χ1) is 18.4. The van der Waals surface area contributed by atoms with Crippen LogP contribution < -0.4 is 10.9 Å². The van der Waals surface area contributed by atoms with E-state index >= 15 is 0 Å². The summed E-state index contributed by atoms with van der Waals surface area (Å²) in [4.78, 5) is 32.0. The van der Waals surface area contributed by atoms with Gasteiger partial charge < -0.3 is 15.4 Å². The molecule has 1 fully saturated rings. The molecule has 1 amide bonds.